The van der Waals surface area contributed by atoms with Crippen molar-refractivity contribution in [2.75, 3.05) is 6.61 Å². The van der Waals surface area contributed by atoms with Crippen molar-refractivity contribution in [3.05, 3.63) is 0 Å². The molecule has 7 heavy (non-hydrogen) atoms. The molecule has 0 amide bonds. The number of rotatable bonds is 0. The Morgan fingerprint density at radius 2 is 1.29 bits per heavy atom. The molecule has 1 heteroatoms. The van der Waals surface area contributed by atoms with Gasteiger partial charge in [-0.2, -0.15) is 0 Å². The molecule has 0 saturated heterocycles. The summed E-state index contributed by atoms with van der Waals surface area (Å²) in [5.74, 6) is 0. The van der Waals surface area contributed by atoms with Gasteiger partial charge in [0, 0.05) is 0 Å². The summed E-state index contributed by atoms with van der Waals surface area (Å²) < 4.78 is 0. The van der Waals surface area contributed by atoms with Crippen LogP contribution in [0.4, 0.5) is 0 Å². The van der Waals surface area contributed by atoms with Crippen molar-refractivity contribution in [2.24, 2.45) is 0 Å². The Bertz CT molecular complexity index is 19.4. The van der Waals surface area contributed by atoms with Crippen LogP contribution in [0.5, 0.6) is 0 Å². The van der Waals surface area contributed by atoms with Crippen LogP contribution >= 0.6 is 0 Å². The van der Waals surface area contributed by atoms with E-state index in [9.17, 15) is 0 Å². The lowest BCUT2D eigenvalue weighted by Crippen LogP contribution is -1.85. The summed E-state index contributed by atoms with van der Waals surface area (Å²) in [5.41, 5.74) is 0. The van der Waals surface area contributed by atoms with Gasteiger partial charge in [0.2, 0.25) is 0 Å². The van der Waals surface area contributed by atoms with Crippen molar-refractivity contribution in [1.82, 2.24) is 0 Å². The van der Waals surface area contributed by atoms with E-state index in [1.165, 1.54) is 25.7 Å². The summed E-state index contributed by atoms with van der Waals surface area (Å²) in [7, 11) is 0. The molecule has 0 bridgehead atoms. The van der Waals surface area contributed by atoms with Crippen LogP contribution in [0.25, 0.3) is 0 Å². The zero-order valence-corrected chi connectivity index (χ0v) is 4.94. The number of hydrogen-bond donors (Lipinski definition) is 0. The average Bonchev–Trinajstić information content (AvgIpc) is 1.27. The van der Waals surface area contributed by atoms with Crippen LogP contribution in [0.1, 0.15) is 32.6 Å². The molecule has 0 aromatic heterocycles. The van der Waals surface area contributed by atoms with E-state index in [-0.39, 0.29) is 6.61 Å². The van der Waals surface area contributed by atoms with Crippen LogP contribution in [0.15, 0.2) is 0 Å². The molecule has 0 heterocycles. The average molecular weight is 101 g/mol. The first-order chi connectivity index (χ1) is 3.41. The molecule has 1 fully saturated rings. The molecule has 1 rings (SSSR count). The minimum atomic E-state index is 0. The zero-order valence-electron chi connectivity index (χ0n) is 4.94. The van der Waals surface area contributed by atoms with Crippen molar-refractivity contribution >= 4 is 0 Å². The van der Waals surface area contributed by atoms with E-state index >= 15 is 0 Å². The van der Waals surface area contributed by atoms with Crippen molar-refractivity contribution in [2.45, 2.75) is 32.6 Å². The second-order valence-electron chi connectivity index (χ2n) is 1.70. The lowest BCUT2D eigenvalue weighted by Gasteiger charge is -2.05. The van der Waals surface area contributed by atoms with Crippen molar-refractivity contribution in [1.29, 1.82) is 0 Å². The predicted octanol–water partition coefficient (Wildman–Crippen LogP) is 2.00. The van der Waals surface area contributed by atoms with Gasteiger partial charge in [0.25, 0.3) is 0 Å². The summed E-state index contributed by atoms with van der Waals surface area (Å²) in [6.45, 7) is 1.57. The fourth-order valence-corrected chi connectivity index (χ4v) is 0.250. The summed E-state index contributed by atoms with van der Waals surface area (Å²) >= 11 is 0. The van der Waals surface area contributed by atoms with E-state index in [0.717, 1.165) is 0 Å². The van der Waals surface area contributed by atoms with Gasteiger partial charge >= 0.3 is 0 Å². The minimum absolute atomic E-state index is 0. The molecule has 0 unspecified atom stereocenters. The first-order valence-electron chi connectivity index (χ1n) is 3.00. The van der Waals surface area contributed by atoms with Crippen LogP contribution in [-0.4, -0.2) is 6.61 Å². The van der Waals surface area contributed by atoms with Gasteiger partial charge in [0.1, 0.15) is 0 Å². The highest BCUT2D eigenvalue weighted by molar-refractivity contribution is 4.50. The molecule has 0 spiro atoms. The summed E-state index contributed by atoms with van der Waals surface area (Å²) in [4.78, 5) is 0. The largest absolute Gasteiger partial charge is 0.237 e. The third kappa shape index (κ3) is 5.96. The maximum absolute atomic E-state index is 8.93. The predicted molar refractivity (Wildman–Crippen MR) is 29.7 cm³/mol. The normalized spacial score (nSPS) is 16.3. The van der Waals surface area contributed by atoms with Gasteiger partial charge < -0.3 is 0 Å². The quantitative estimate of drug-likeness (QED) is 0.444. The van der Waals surface area contributed by atoms with Crippen molar-refractivity contribution < 1.29 is 5.11 Å². The molecule has 0 aromatic carbocycles. The first kappa shape index (κ1) is 6.96. The minimum Gasteiger partial charge on any atom is -0.237 e. The summed E-state index contributed by atoms with van der Waals surface area (Å²) in [5, 5.41) is 8.93. The van der Waals surface area contributed by atoms with Crippen molar-refractivity contribution in [3.8, 4) is 0 Å². The maximum atomic E-state index is 8.93. The Hall–Kier alpha value is -0.0400. The van der Waals surface area contributed by atoms with Crippen LogP contribution in [0, 0.1) is 0 Å². The Labute approximate surface area is 45.4 Å². The summed E-state index contributed by atoms with van der Waals surface area (Å²) in [6, 6.07) is 0. The van der Waals surface area contributed by atoms with Gasteiger partial charge in [0.15, 0.2) is 0 Å². The van der Waals surface area contributed by atoms with Gasteiger partial charge in [-0.1, -0.05) is 25.7 Å². The summed E-state index contributed by atoms with van der Waals surface area (Å²) in [6.07, 6.45) is 6.00. The molecular formula is C6H13O. The van der Waals surface area contributed by atoms with Gasteiger partial charge in [0.05, 0.1) is 6.61 Å². The van der Waals surface area contributed by atoms with Crippen LogP contribution < -0.4 is 0 Å². The van der Waals surface area contributed by atoms with Gasteiger partial charge in [-0.05, 0) is 6.92 Å². The smallest absolute Gasteiger partial charge is 0.0794 e. The monoisotopic (exact) mass is 101 g/mol. The fraction of sp³-hybridized carbons (Fsp3) is 1.00. The van der Waals surface area contributed by atoms with Gasteiger partial charge in [-0.25, -0.2) is 5.11 Å². The highest BCUT2D eigenvalue weighted by Crippen LogP contribution is 2.15. The molecule has 1 aliphatic carbocycles. The molecule has 0 N–H and O–H groups in total. The Morgan fingerprint density at radius 1 is 1.14 bits per heavy atom. The molecule has 1 radical (unpaired) electrons. The van der Waals surface area contributed by atoms with Gasteiger partial charge in [-0.3, -0.25) is 0 Å². The zero-order chi connectivity index (χ0) is 5.54. The molecular weight excluding hydrogens is 88.1 g/mol. The third-order valence-electron chi connectivity index (χ3n) is 1.000. The molecule has 1 saturated carbocycles. The molecule has 0 aliphatic heterocycles. The molecule has 1 nitrogen and oxygen atoms in total. The molecule has 43 valence electrons. The van der Waals surface area contributed by atoms with E-state index in [1.807, 2.05) is 0 Å². The number of hydrogen-bond acceptors (Lipinski definition) is 0. The highest BCUT2D eigenvalue weighted by Gasteiger charge is 1.95. The highest BCUT2D eigenvalue weighted by atomic mass is 16.2. The van der Waals surface area contributed by atoms with Gasteiger partial charge in [-0.15, -0.1) is 0 Å². The topological polar surface area (TPSA) is 19.9 Å². The van der Waals surface area contributed by atoms with Crippen LogP contribution in [0.2, 0.25) is 0 Å². The van der Waals surface area contributed by atoms with Crippen LogP contribution in [-0.2, 0) is 5.11 Å². The second-order valence-corrected chi connectivity index (χ2v) is 1.70. The Kier molecular flexibility index (Phi) is 5.93. The SMILES string of the molecule is C1CCC1.CC[O]. The third-order valence-corrected chi connectivity index (χ3v) is 1.000. The van der Waals surface area contributed by atoms with Crippen LogP contribution in [0.3, 0.4) is 0 Å². The van der Waals surface area contributed by atoms with E-state index < -0.39 is 0 Å². The standard InChI is InChI=1S/C4H8.C2H5O/c1-2-4-3-1;1-2-3/h1-4H2;2H2,1H3. The molecule has 1 aliphatic rings. The lowest BCUT2D eigenvalue weighted by atomic mass is 10.0. The second kappa shape index (κ2) is 5.96. The van der Waals surface area contributed by atoms with Crippen molar-refractivity contribution in [3.63, 3.8) is 0 Å². The van der Waals surface area contributed by atoms with E-state index in [4.69, 9.17) is 5.11 Å². The maximum Gasteiger partial charge on any atom is 0.0794 e. The Morgan fingerprint density at radius 3 is 1.29 bits per heavy atom. The van der Waals surface area contributed by atoms with E-state index in [0.29, 0.717) is 0 Å². The Balaban J connectivity index is 0.000000110. The van der Waals surface area contributed by atoms with E-state index in [2.05, 4.69) is 0 Å². The fourth-order valence-electron chi connectivity index (χ4n) is 0.250. The lowest BCUT2D eigenvalue weighted by molar-refractivity contribution is 0.212. The van der Waals surface area contributed by atoms with E-state index in [1.54, 1.807) is 6.92 Å². The molecule has 0 atom stereocenters. The first-order valence-corrected chi connectivity index (χ1v) is 3.00. The molecule has 0 aromatic rings.